The van der Waals surface area contributed by atoms with Crippen molar-refractivity contribution in [1.29, 1.82) is 0 Å². The van der Waals surface area contributed by atoms with Gasteiger partial charge in [0.25, 0.3) is 0 Å². The van der Waals surface area contributed by atoms with Crippen LogP contribution in [0.2, 0.25) is 0 Å². The zero-order chi connectivity index (χ0) is 14.5. The average molecular weight is 299 g/mol. The van der Waals surface area contributed by atoms with Crippen LogP contribution in [-0.2, 0) is 17.2 Å². The second-order valence-corrected chi connectivity index (χ2v) is 5.10. The lowest BCUT2D eigenvalue weighted by atomic mass is 10.2. The number of rotatable bonds is 7. The standard InChI is InChI=1S/C13H19ClN4O2/c1-9(2)7-20-5-4-18-10(6-14)17-11-12(18)15-8-16-13(11)19-3/h8-9H,4-7H2,1-3H3. The summed E-state index contributed by atoms with van der Waals surface area (Å²) in [7, 11) is 1.56. The van der Waals surface area contributed by atoms with Crippen molar-refractivity contribution in [3.63, 3.8) is 0 Å². The number of hydrogen-bond donors (Lipinski definition) is 0. The zero-order valence-corrected chi connectivity index (χ0v) is 12.7. The molecular formula is C13H19ClN4O2. The van der Waals surface area contributed by atoms with Crippen LogP contribution in [0.3, 0.4) is 0 Å². The predicted molar refractivity (Wildman–Crippen MR) is 77.1 cm³/mol. The van der Waals surface area contributed by atoms with E-state index in [0.717, 1.165) is 18.1 Å². The Balaban J connectivity index is 2.22. The fourth-order valence-electron chi connectivity index (χ4n) is 1.92. The Morgan fingerprint density at radius 1 is 1.35 bits per heavy atom. The summed E-state index contributed by atoms with van der Waals surface area (Å²) in [4.78, 5) is 12.8. The van der Waals surface area contributed by atoms with Gasteiger partial charge in [-0.2, -0.15) is 4.98 Å². The molecule has 110 valence electrons. The second-order valence-electron chi connectivity index (χ2n) is 4.84. The van der Waals surface area contributed by atoms with Gasteiger partial charge >= 0.3 is 0 Å². The molecule has 0 aromatic carbocycles. The van der Waals surface area contributed by atoms with Gasteiger partial charge in [-0.25, -0.2) is 9.97 Å². The molecule has 2 aromatic heterocycles. The first-order valence-electron chi connectivity index (χ1n) is 6.55. The Hall–Kier alpha value is -1.40. The van der Waals surface area contributed by atoms with Crippen LogP contribution in [0.15, 0.2) is 6.33 Å². The number of hydrogen-bond acceptors (Lipinski definition) is 5. The van der Waals surface area contributed by atoms with Gasteiger partial charge in [-0.05, 0) is 5.92 Å². The minimum atomic E-state index is 0.309. The van der Waals surface area contributed by atoms with E-state index in [-0.39, 0.29) is 0 Å². The van der Waals surface area contributed by atoms with Crippen molar-refractivity contribution in [2.75, 3.05) is 20.3 Å². The fraction of sp³-hybridized carbons (Fsp3) is 0.615. The molecule has 6 nitrogen and oxygen atoms in total. The van der Waals surface area contributed by atoms with Gasteiger partial charge in [0.2, 0.25) is 5.88 Å². The molecule has 0 aliphatic heterocycles. The molecule has 2 aromatic rings. The number of ether oxygens (including phenoxy) is 2. The maximum absolute atomic E-state index is 5.95. The predicted octanol–water partition coefficient (Wildman–Crippen LogP) is 2.25. The topological polar surface area (TPSA) is 62.1 Å². The number of nitrogens with zero attached hydrogens (tertiary/aromatic N) is 4. The van der Waals surface area contributed by atoms with E-state index in [1.165, 1.54) is 6.33 Å². The zero-order valence-electron chi connectivity index (χ0n) is 12.0. The summed E-state index contributed by atoms with van der Waals surface area (Å²) >= 11 is 5.95. The second kappa shape index (κ2) is 6.85. The fourth-order valence-corrected chi connectivity index (χ4v) is 2.13. The number of fused-ring (bicyclic) bond motifs is 1. The molecule has 20 heavy (non-hydrogen) atoms. The van der Waals surface area contributed by atoms with Crippen molar-refractivity contribution >= 4 is 22.8 Å². The van der Waals surface area contributed by atoms with E-state index in [1.807, 2.05) is 4.57 Å². The molecule has 0 spiro atoms. The van der Waals surface area contributed by atoms with Crippen LogP contribution < -0.4 is 4.74 Å². The van der Waals surface area contributed by atoms with Crippen molar-refractivity contribution in [2.24, 2.45) is 5.92 Å². The van der Waals surface area contributed by atoms with Gasteiger partial charge in [0.1, 0.15) is 12.2 Å². The summed E-state index contributed by atoms with van der Waals surface area (Å²) in [6, 6.07) is 0. The van der Waals surface area contributed by atoms with Crippen LogP contribution in [0.5, 0.6) is 5.88 Å². The number of halogens is 1. The monoisotopic (exact) mass is 298 g/mol. The quantitative estimate of drug-likeness (QED) is 0.579. The van der Waals surface area contributed by atoms with Gasteiger partial charge in [-0.1, -0.05) is 13.8 Å². The normalized spacial score (nSPS) is 11.4. The third-order valence-corrected chi connectivity index (χ3v) is 3.04. The molecule has 2 heterocycles. The first-order valence-corrected chi connectivity index (χ1v) is 7.08. The molecule has 0 saturated heterocycles. The Kier molecular flexibility index (Phi) is 5.14. The average Bonchev–Trinajstić information content (AvgIpc) is 2.81. The summed E-state index contributed by atoms with van der Waals surface area (Å²) in [6.07, 6.45) is 1.46. The van der Waals surface area contributed by atoms with Crippen LogP contribution in [0.1, 0.15) is 19.7 Å². The number of alkyl halides is 1. The molecule has 0 bridgehead atoms. The summed E-state index contributed by atoms with van der Waals surface area (Å²) in [5, 5.41) is 0. The van der Waals surface area contributed by atoms with E-state index < -0.39 is 0 Å². The van der Waals surface area contributed by atoms with Gasteiger partial charge < -0.3 is 14.0 Å². The Labute approximate surface area is 123 Å². The van der Waals surface area contributed by atoms with Crippen molar-refractivity contribution < 1.29 is 9.47 Å². The van der Waals surface area contributed by atoms with Crippen LogP contribution >= 0.6 is 11.6 Å². The number of imidazole rings is 1. The maximum atomic E-state index is 5.95. The minimum Gasteiger partial charge on any atom is -0.479 e. The Morgan fingerprint density at radius 3 is 2.80 bits per heavy atom. The Bertz CT molecular complexity index is 571. The molecule has 2 rings (SSSR count). The van der Waals surface area contributed by atoms with Crippen molar-refractivity contribution in [2.45, 2.75) is 26.3 Å². The molecule has 0 N–H and O–H groups in total. The third-order valence-electron chi connectivity index (χ3n) is 2.80. The number of aromatic nitrogens is 4. The third kappa shape index (κ3) is 3.19. The molecular weight excluding hydrogens is 280 g/mol. The molecule has 7 heteroatoms. The molecule has 0 unspecified atom stereocenters. The summed E-state index contributed by atoms with van der Waals surface area (Å²) in [5.74, 6) is 2.03. The van der Waals surface area contributed by atoms with Crippen LogP contribution in [0.25, 0.3) is 11.2 Å². The molecule has 0 atom stereocenters. The van der Waals surface area contributed by atoms with Crippen molar-refractivity contribution in [1.82, 2.24) is 19.5 Å². The lowest BCUT2D eigenvalue weighted by Crippen LogP contribution is -2.11. The summed E-state index contributed by atoms with van der Waals surface area (Å²) in [6.45, 7) is 6.23. The van der Waals surface area contributed by atoms with E-state index in [9.17, 15) is 0 Å². The van der Waals surface area contributed by atoms with E-state index in [1.54, 1.807) is 7.11 Å². The lowest BCUT2D eigenvalue weighted by molar-refractivity contribution is 0.103. The van der Waals surface area contributed by atoms with Gasteiger partial charge in [0.05, 0.1) is 19.6 Å². The van der Waals surface area contributed by atoms with Gasteiger partial charge in [0, 0.05) is 13.2 Å². The molecule has 0 aliphatic rings. The van der Waals surface area contributed by atoms with Crippen LogP contribution in [0, 0.1) is 5.92 Å². The van der Waals surface area contributed by atoms with Crippen molar-refractivity contribution in [3.8, 4) is 5.88 Å². The van der Waals surface area contributed by atoms with Crippen LogP contribution in [0.4, 0.5) is 0 Å². The smallest absolute Gasteiger partial charge is 0.245 e. The molecule has 0 radical (unpaired) electrons. The summed E-state index contributed by atoms with van der Waals surface area (Å²) in [5.41, 5.74) is 1.36. The highest BCUT2D eigenvalue weighted by Gasteiger charge is 2.15. The van der Waals surface area contributed by atoms with Gasteiger partial charge in [-0.15, -0.1) is 11.6 Å². The maximum Gasteiger partial charge on any atom is 0.245 e. The largest absolute Gasteiger partial charge is 0.479 e. The summed E-state index contributed by atoms with van der Waals surface area (Å²) < 4.78 is 12.8. The molecule has 0 saturated carbocycles. The minimum absolute atomic E-state index is 0.309. The molecule has 0 aliphatic carbocycles. The first kappa shape index (κ1) is 15.0. The Morgan fingerprint density at radius 2 is 2.15 bits per heavy atom. The molecule has 0 fully saturated rings. The SMILES string of the molecule is COc1ncnc2c1nc(CCl)n2CCOCC(C)C. The number of methoxy groups -OCH3 is 1. The van der Waals surface area contributed by atoms with E-state index >= 15 is 0 Å². The van der Waals surface area contributed by atoms with Crippen molar-refractivity contribution in [3.05, 3.63) is 12.2 Å². The molecule has 0 amide bonds. The van der Waals surface area contributed by atoms with Gasteiger partial charge in [0.15, 0.2) is 11.2 Å². The highest BCUT2D eigenvalue weighted by molar-refractivity contribution is 6.16. The van der Waals surface area contributed by atoms with E-state index in [2.05, 4.69) is 28.8 Å². The first-order chi connectivity index (χ1) is 9.67. The van der Waals surface area contributed by atoms with E-state index in [4.69, 9.17) is 21.1 Å². The van der Waals surface area contributed by atoms with Gasteiger partial charge in [-0.3, -0.25) is 0 Å². The van der Waals surface area contributed by atoms with E-state index in [0.29, 0.717) is 36.3 Å². The lowest BCUT2D eigenvalue weighted by Gasteiger charge is -2.09. The highest BCUT2D eigenvalue weighted by Crippen LogP contribution is 2.22. The van der Waals surface area contributed by atoms with Crippen LogP contribution in [-0.4, -0.2) is 39.8 Å². The highest BCUT2D eigenvalue weighted by atomic mass is 35.5.